The van der Waals surface area contributed by atoms with Crippen LogP contribution in [0.3, 0.4) is 0 Å². The number of carbonyl (C=O) groups is 2. The summed E-state index contributed by atoms with van der Waals surface area (Å²) in [5.41, 5.74) is 0.940. The van der Waals surface area contributed by atoms with E-state index in [0.29, 0.717) is 11.2 Å². The number of carboxylic acids is 1. The van der Waals surface area contributed by atoms with E-state index in [2.05, 4.69) is 25.3 Å². The number of hydrogen-bond acceptors (Lipinski definition) is 5. The van der Waals surface area contributed by atoms with Gasteiger partial charge in [0.1, 0.15) is 11.8 Å². The molecule has 0 spiro atoms. The Morgan fingerprint density at radius 2 is 2.00 bits per heavy atom. The molecule has 2 atom stereocenters. The van der Waals surface area contributed by atoms with Crippen molar-refractivity contribution in [2.24, 2.45) is 11.8 Å². The predicted molar refractivity (Wildman–Crippen MR) is 66.3 cm³/mol. The van der Waals surface area contributed by atoms with Crippen LogP contribution in [0.2, 0.25) is 0 Å². The summed E-state index contributed by atoms with van der Waals surface area (Å²) in [5, 5.41) is 11.5. The molecule has 2 aromatic rings. The number of H-pyrrole nitrogens is 1. The van der Waals surface area contributed by atoms with Crippen LogP contribution < -0.4 is 5.32 Å². The number of anilines is 1. The molecule has 2 aromatic heterocycles. The van der Waals surface area contributed by atoms with Crippen LogP contribution in [0.1, 0.15) is 13.8 Å². The van der Waals surface area contributed by atoms with Gasteiger partial charge >= 0.3 is 5.97 Å². The van der Waals surface area contributed by atoms with E-state index in [1.165, 1.54) is 19.6 Å². The van der Waals surface area contributed by atoms with E-state index >= 15 is 0 Å². The lowest BCUT2D eigenvalue weighted by Gasteiger charge is -2.15. The van der Waals surface area contributed by atoms with Gasteiger partial charge in [-0.25, -0.2) is 15.0 Å². The number of nitrogens with zero attached hydrogens (tertiary/aromatic N) is 3. The SMILES string of the molecule is CC(C(=O)O)C(C)C(=O)Nc1ncnc2nc[nH]c12. The molecule has 0 fully saturated rings. The van der Waals surface area contributed by atoms with Crippen molar-refractivity contribution in [2.75, 3.05) is 5.32 Å². The number of nitrogens with one attached hydrogen (secondary N) is 2. The molecule has 0 bridgehead atoms. The number of rotatable bonds is 4. The molecule has 2 unspecified atom stereocenters. The molecule has 0 saturated heterocycles. The van der Waals surface area contributed by atoms with Gasteiger partial charge in [0.15, 0.2) is 11.5 Å². The second kappa shape index (κ2) is 5.01. The Kier molecular flexibility index (Phi) is 3.41. The molecule has 0 aliphatic heterocycles. The van der Waals surface area contributed by atoms with Gasteiger partial charge in [0.05, 0.1) is 12.2 Å². The smallest absolute Gasteiger partial charge is 0.307 e. The summed E-state index contributed by atoms with van der Waals surface area (Å²) in [4.78, 5) is 37.4. The quantitative estimate of drug-likeness (QED) is 0.744. The maximum absolute atomic E-state index is 12.0. The van der Waals surface area contributed by atoms with E-state index in [0.717, 1.165) is 0 Å². The van der Waals surface area contributed by atoms with Gasteiger partial charge < -0.3 is 15.4 Å². The van der Waals surface area contributed by atoms with Gasteiger partial charge in [0.25, 0.3) is 0 Å². The van der Waals surface area contributed by atoms with E-state index in [1.807, 2.05) is 0 Å². The van der Waals surface area contributed by atoms with Crippen LogP contribution in [-0.4, -0.2) is 36.9 Å². The van der Waals surface area contributed by atoms with Crippen molar-refractivity contribution in [3.63, 3.8) is 0 Å². The van der Waals surface area contributed by atoms with Crippen molar-refractivity contribution in [2.45, 2.75) is 13.8 Å². The van der Waals surface area contributed by atoms with Crippen LogP contribution in [0.4, 0.5) is 5.82 Å². The highest BCUT2D eigenvalue weighted by molar-refractivity contribution is 5.98. The highest BCUT2D eigenvalue weighted by Gasteiger charge is 2.26. The van der Waals surface area contributed by atoms with Crippen molar-refractivity contribution in [3.05, 3.63) is 12.7 Å². The molecule has 2 rings (SSSR count). The fourth-order valence-corrected chi connectivity index (χ4v) is 1.53. The number of amides is 1. The van der Waals surface area contributed by atoms with Crippen LogP contribution >= 0.6 is 0 Å². The second-order valence-electron chi connectivity index (χ2n) is 4.23. The fourth-order valence-electron chi connectivity index (χ4n) is 1.53. The number of aliphatic carboxylic acids is 1. The normalized spacial score (nSPS) is 14.0. The van der Waals surface area contributed by atoms with E-state index in [-0.39, 0.29) is 5.82 Å². The molecule has 100 valence electrons. The van der Waals surface area contributed by atoms with Crippen molar-refractivity contribution in [3.8, 4) is 0 Å². The number of carboxylic acid groups (broad SMARTS) is 1. The van der Waals surface area contributed by atoms with Crippen LogP contribution in [0, 0.1) is 11.8 Å². The lowest BCUT2D eigenvalue weighted by Crippen LogP contribution is -2.30. The molecule has 0 radical (unpaired) electrons. The molecule has 3 N–H and O–H groups in total. The Balaban J connectivity index is 2.19. The van der Waals surface area contributed by atoms with Crippen LogP contribution in [-0.2, 0) is 9.59 Å². The Morgan fingerprint density at radius 3 is 2.68 bits per heavy atom. The average molecular weight is 263 g/mol. The zero-order chi connectivity index (χ0) is 14.0. The molecular weight excluding hydrogens is 250 g/mol. The maximum Gasteiger partial charge on any atom is 0.307 e. The fraction of sp³-hybridized carbons (Fsp3) is 0.364. The Labute approximate surface area is 108 Å². The predicted octanol–water partition coefficient (Wildman–Crippen LogP) is 0.648. The van der Waals surface area contributed by atoms with Crippen molar-refractivity contribution in [1.29, 1.82) is 0 Å². The van der Waals surface area contributed by atoms with Crippen molar-refractivity contribution in [1.82, 2.24) is 19.9 Å². The van der Waals surface area contributed by atoms with Gasteiger partial charge in [0, 0.05) is 5.92 Å². The van der Waals surface area contributed by atoms with E-state index in [1.54, 1.807) is 6.92 Å². The van der Waals surface area contributed by atoms with E-state index < -0.39 is 23.7 Å². The monoisotopic (exact) mass is 263 g/mol. The number of carbonyl (C=O) groups excluding carboxylic acids is 1. The minimum absolute atomic E-state index is 0.289. The topological polar surface area (TPSA) is 121 Å². The van der Waals surface area contributed by atoms with Gasteiger partial charge in [-0.3, -0.25) is 9.59 Å². The minimum Gasteiger partial charge on any atom is -0.481 e. The molecule has 0 saturated carbocycles. The molecule has 2 heterocycles. The first-order chi connectivity index (χ1) is 9.00. The molecule has 8 nitrogen and oxygen atoms in total. The molecule has 8 heteroatoms. The van der Waals surface area contributed by atoms with Gasteiger partial charge in [0.2, 0.25) is 5.91 Å². The van der Waals surface area contributed by atoms with E-state index in [9.17, 15) is 9.59 Å². The number of imidazole rings is 1. The number of aromatic amines is 1. The van der Waals surface area contributed by atoms with Gasteiger partial charge in [-0.15, -0.1) is 0 Å². The summed E-state index contributed by atoms with van der Waals surface area (Å²) in [5.74, 6) is -2.59. The highest BCUT2D eigenvalue weighted by atomic mass is 16.4. The highest BCUT2D eigenvalue weighted by Crippen LogP contribution is 2.18. The number of aromatic nitrogens is 4. The third kappa shape index (κ3) is 2.51. The largest absolute Gasteiger partial charge is 0.481 e. The first-order valence-corrected chi connectivity index (χ1v) is 5.68. The Hall–Kier alpha value is -2.51. The van der Waals surface area contributed by atoms with Gasteiger partial charge in [-0.05, 0) is 0 Å². The van der Waals surface area contributed by atoms with Crippen LogP contribution in [0.5, 0.6) is 0 Å². The third-order valence-electron chi connectivity index (χ3n) is 3.02. The number of hydrogen-bond donors (Lipinski definition) is 3. The zero-order valence-electron chi connectivity index (χ0n) is 10.4. The first kappa shape index (κ1) is 12.9. The van der Waals surface area contributed by atoms with E-state index in [4.69, 9.17) is 5.11 Å². The molecule has 0 aromatic carbocycles. The lowest BCUT2D eigenvalue weighted by atomic mass is 9.95. The van der Waals surface area contributed by atoms with Gasteiger partial charge in [-0.2, -0.15) is 0 Å². The standard InChI is InChI=1S/C11H13N5O3/c1-5(6(2)11(18)19)10(17)16-9-7-8(13-3-12-7)14-4-15-9/h3-6H,1-2H3,(H,18,19)(H2,12,13,14,15,16,17). The lowest BCUT2D eigenvalue weighted by molar-refractivity contribution is -0.145. The van der Waals surface area contributed by atoms with Crippen molar-refractivity contribution >= 4 is 28.9 Å². The van der Waals surface area contributed by atoms with Crippen molar-refractivity contribution < 1.29 is 14.7 Å². The first-order valence-electron chi connectivity index (χ1n) is 5.68. The minimum atomic E-state index is -1.02. The molecule has 0 aliphatic carbocycles. The maximum atomic E-state index is 12.0. The number of fused-ring (bicyclic) bond motifs is 1. The zero-order valence-corrected chi connectivity index (χ0v) is 10.4. The summed E-state index contributed by atoms with van der Waals surface area (Å²) in [7, 11) is 0. The third-order valence-corrected chi connectivity index (χ3v) is 3.02. The summed E-state index contributed by atoms with van der Waals surface area (Å²) in [6.45, 7) is 3.04. The Bertz CT molecular complexity index is 624. The molecule has 19 heavy (non-hydrogen) atoms. The van der Waals surface area contributed by atoms with Gasteiger partial charge in [-0.1, -0.05) is 13.8 Å². The summed E-state index contributed by atoms with van der Waals surface area (Å²) in [6.07, 6.45) is 2.72. The average Bonchev–Trinajstić information content (AvgIpc) is 2.86. The summed E-state index contributed by atoms with van der Waals surface area (Å²) < 4.78 is 0. The van der Waals surface area contributed by atoms with Crippen LogP contribution in [0.15, 0.2) is 12.7 Å². The summed E-state index contributed by atoms with van der Waals surface area (Å²) >= 11 is 0. The summed E-state index contributed by atoms with van der Waals surface area (Å²) in [6, 6.07) is 0. The molecule has 1 amide bonds. The second-order valence-corrected chi connectivity index (χ2v) is 4.23. The molecular formula is C11H13N5O3. The Morgan fingerprint density at radius 1 is 1.26 bits per heavy atom. The van der Waals surface area contributed by atoms with Crippen LogP contribution in [0.25, 0.3) is 11.2 Å². The molecule has 0 aliphatic rings.